The van der Waals surface area contributed by atoms with E-state index in [2.05, 4.69) is 0 Å². The first-order valence-corrected chi connectivity index (χ1v) is 9.82. The molecule has 1 N–H and O–H groups in total. The zero-order valence-corrected chi connectivity index (χ0v) is 15.1. The van der Waals surface area contributed by atoms with Gasteiger partial charge in [-0.15, -0.1) is 0 Å². The number of sulfone groups is 1. The van der Waals surface area contributed by atoms with E-state index in [9.17, 15) is 26.4 Å². The molecule has 1 unspecified atom stereocenters. The van der Waals surface area contributed by atoms with Crippen molar-refractivity contribution in [2.24, 2.45) is 0 Å². The molecule has 1 aliphatic rings. The van der Waals surface area contributed by atoms with Crippen LogP contribution in [0.25, 0.3) is 6.08 Å². The van der Waals surface area contributed by atoms with Gasteiger partial charge < -0.3 is 9.84 Å². The molecule has 0 aliphatic carbocycles. The number of halogens is 3. The van der Waals surface area contributed by atoms with Gasteiger partial charge in [-0.25, -0.2) is 13.2 Å². The van der Waals surface area contributed by atoms with Gasteiger partial charge >= 0.3 is 12.1 Å². The van der Waals surface area contributed by atoms with E-state index in [-0.39, 0.29) is 28.4 Å². The summed E-state index contributed by atoms with van der Waals surface area (Å²) in [6.45, 7) is 0. The Labute approximate surface area is 159 Å². The molecule has 3 rings (SSSR count). The van der Waals surface area contributed by atoms with Crippen LogP contribution in [0.1, 0.15) is 11.1 Å². The summed E-state index contributed by atoms with van der Waals surface area (Å²) in [5, 5.41) is 9.07. The molecular weight excluding hydrogens is 397 g/mol. The summed E-state index contributed by atoms with van der Waals surface area (Å²) in [4.78, 5) is 11.1. The van der Waals surface area contributed by atoms with Crippen molar-refractivity contribution < 1.29 is 36.2 Å². The lowest BCUT2D eigenvalue weighted by Crippen LogP contribution is -2.40. The van der Waals surface area contributed by atoms with Crippen LogP contribution in [0.4, 0.5) is 13.2 Å². The first kappa shape index (κ1) is 19.9. The van der Waals surface area contributed by atoms with Gasteiger partial charge in [0, 0.05) is 5.56 Å². The number of carboxylic acid groups (broad SMARTS) is 1. The van der Waals surface area contributed by atoms with Crippen LogP contribution in [-0.2, 0) is 21.1 Å². The zero-order chi connectivity index (χ0) is 20.5. The molecule has 0 bridgehead atoms. The highest BCUT2D eigenvalue weighted by Crippen LogP contribution is 2.38. The van der Waals surface area contributed by atoms with E-state index in [1.54, 1.807) is 24.3 Å². The molecule has 148 valence electrons. The Morgan fingerprint density at radius 1 is 1.11 bits per heavy atom. The van der Waals surface area contributed by atoms with E-state index in [1.165, 1.54) is 0 Å². The maximum atomic E-state index is 13.1. The highest BCUT2D eigenvalue weighted by atomic mass is 32.2. The molecule has 0 spiro atoms. The van der Waals surface area contributed by atoms with E-state index in [0.29, 0.717) is 0 Å². The summed E-state index contributed by atoms with van der Waals surface area (Å²) < 4.78 is 69.1. The molecule has 2 aromatic carbocycles. The molecule has 1 aliphatic heterocycles. The lowest BCUT2D eigenvalue weighted by Gasteiger charge is -2.27. The number of alkyl halides is 3. The Morgan fingerprint density at radius 2 is 1.79 bits per heavy atom. The number of hydrogen-bond acceptors (Lipinski definition) is 4. The first-order chi connectivity index (χ1) is 13.1. The Balaban J connectivity index is 1.91. The van der Waals surface area contributed by atoms with Crippen LogP contribution in [-0.4, -0.2) is 37.5 Å². The van der Waals surface area contributed by atoms with Crippen LogP contribution in [0.3, 0.4) is 0 Å². The molecule has 9 heteroatoms. The predicted molar refractivity (Wildman–Crippen MR) is 94.7 cm³/mol. The van der Waals surface area contributed by atoms with Gasteiger partial charge in [0.1, 0.15) is 5.75 Å². The van der Waals surface area contributed by atoms with Gasteiger partial charge in [-0.05, 0) is 36.3 Å². The summed E-state index contributed by atoms with van der Waals surface area (Å²) in [5.41, 5.74) is -0.203. The van der Waals surface area contributed by atoms with E-state index < -0.39 is 33.7 Å². The van der Waals surface area contributed by atoms with E-state index in [0.717, 1.165) is 29.8 Å². The highest BCUT2D eigenvalue weighted by Gasteiger charge is 2.48. The number of hydrogen-bond donors (Lipinski definition) is 1. The predicted octanol–water partition coefficient (Wildman–Crippen LogP) is 3.49. The quantitative estimate of drug-likeness (QED) is 0.813. The molecule has 5 nitrogen and oxygen atoms in total. The molecular formula is C19H15F3O5S. The van der Waals surface area contributed by atoms with Crippen LogP contribution in [0.15, 0.2) is 59.0 Å². The van der Waals surface area contributed by atoms with Crippen LogP contribution in [0.2, 0.25) is 0 Å². The Bertz CT molecular complexity index is 1030. The van der Waals surface area contributed by atoms with E-state index in [4.69, 9.17) is 9.84 Å². The molecule has 0 amide bonds. The average molecular weight is 412 g/mol. The maximum absolute atomic E-state index is 13.1. The van der Waals surface area contributed by atoms with Crippen molar-refractivity contribution in [3.8, 4) is 5.75 Å². The van der Waals surface area contributed by atoms with E-state index in [1.807, 2.05) is 6.07 Å². The number of fused-ring (bicyclic) bond motifs is 1. The SMILES string of the molecule is O=C(O)C1=Cc2cc(S(=O)(=O)CCc3ccccc3)ccc2OC1C(F)(F)F. The minimum absolute atomic E-state index is 0.0290. The normalized spacial score (nSPS) is 16.7. The minimum atomic E-state index is -4.91. The van der Waals surface area contributed by atoms with Crippen molar-refractivity contribution in [2.45, 2.75) is 23.6 Å². The summed E-state index contributed by atoms with van der Waals surface area (Å²) in [5.74, 6) is -2.21. The number of rotatable bonds is 5. The third-order valence-electron chi connectivity index (χ3n) is 4.23. The van der Waals surface area contributed by atoms with Crippen molar-refractivity contribution in [1.82, 2.24) is 0 Å². The van der Waals surface area contributed by atoms with Gasteiger partial charge in [0.15, 0.2) is 9.84 Å². The van der Waals surface area contributed by atoms with Gasteiger partial charge in [-0.1, -0.05) is 30.3 Å². The van der Waals surface area contributed by atoms with Crippen molar-refractivity contribution >= 4 is 21.9 Å². The van der Waals surface area contributed by atoms with Gasteiger partial charge in [0.2, 0.25) is 6.10 Å². The second-order valence-electron chi connectivity index (χ2n) is 6.20. The Kier molecular flexibility index (Phi) is 5.20. The third kappa shape index (κ3) is 4.19. The fourth-order valence-corrected chi connectivity index (χ4v) is 4.13. The molecule has 0 fully saturated rings. The lowest BCUT2D eigenvalue weighted by molar-refractivity contribution is -0.187. The maximum Gasteiger partial charge on any atom is 0.430 e. The van der Waals surface area contributed by atoms with Crippen LogP contribution < -0.4 is 4.74 Å². The Hall–Kier alpha value is -2.81. The van der Waals surface area contributed by atoms with Gasteiger partial charge in [-0.2, -0.15) is 13.2 Å². The van der Waals surface area contributed by atoms with Gasteiger partial charge in [0.05, 0.1) is 16.2 Å². The average Bonchev–Trinajstić information content (AvgIpc) is 2.65. The fourth-order valence-electron chi connectivity index (χ4n) is 2.81. The monoisotopic (exact) mass is 412 g/mol. The highest BCUT2D eigenvalue weighted by molar-refractivity contribution is 7.91. The summed E-state index contributed by atoms with van der Waals surface area (Å²) in [6.07, 6.45) is -6.46. The number of aliphatic carboxylic acids is 1. The minimum Gasteiger partial charge on any atom is -0.478 e. The summed E-state index contributed by atoms with van der Waals surface area (Å²) in [6, 6.07) is 12.4. The molecule has 0 saturated carbocycles. The molecule has 1 atom stereocenters. The molecule has 0 radical (unpaired) electrons. The molecule has 1 heterocycles. The smallest absolute Gasteiger partial charge is 0.430 e. The number of carboxylic acids is 1. The Morgan fingerprint density at radius 3 is 2.39 bits per heavy atom. The molecule has 28 heavy (non-hydrogen) atoms. The summed E-state index contributed by atoms with van der Waals surface area (Å²) in [7, 11) is -3.73. The number of aryl methyl sites for hydroxylation is 1. The van der Waals surface area contributed by atoms with Crippen LogP contribution >= 0.6 is 0 Å². The third-order valence-corrected chi connectivity index (χ3v) is 5.94. The fraction of sp³-hybridized carbons (Fsp3) is 0.211. The van der Waals surface area contributed by atoms with Crippen LogP contribution in [0, 0.1) is 0 Å². The second kappa shape index (κ2) is 7.31. The second-order valence-corrected chi connectivity index (χ2v) is 8.31. The summed E-state index contributed by atoms with van der Waals surface area (Å²) >= 11 is 0. The number of benzene rings is 2. The van der Waals surface area contributed by atoms with E-state index >= 15 is 0 Å². The standard InChI is InChI=1S/C19H15F3O5S/c20-19(21,22)17-15(18(23)24)11-13-10-14(6-7-16(13)27-17)28(25,26)9-8-12-4-2-1-3-5-12/h1-7,10-11,17H,8-9H2,(H,23,24). The number of carbonyl (C=O) groups is 1. The van der Waals surface area contributed by atoms with Crippen molar-refractivity contribution in [3.63, 3.8) is 0 Å². The van der Waals surface area contributed by atoms with Gasteiger partial charge in [-0.3, -0.25) is 0 Å². The van der Waals surface area contributed by atoms with Crippen LogP contribution in [0.5, 0.6) is 5.75 Å². The van der Waals surface area contributed by atoms with Crippen molar-refractivity contribution in [1.29, 1.82) is 0 Å². The van der Waals surface area contributed by atoms with Gasteiger partial charge in [0.25, 0.3) is 0 Å². The lowest BCUT2D eigenvalue weighted by atomic mass is 10.0. The number of ether oxygens (including phenoxy) is 1. The van der Waals surface area contributed by atoms with Crippen molar-refractivity contribution in [3.05, 3.63) is 65.2 Å². The topological polar surface area (TPSA) is 80.7 Å². The zero-order valence-electron chi connectivity index (χ0n) is 14.3. The largest absolute Gasteiger partial charge is 0.478 e. The molecule has 0 saturated heterocycles. The van der Waals surface area contributed by atoms with Crippen molar-refractivity contribution in [2.75, 3.05) is 5.75 Å². The molecule has 2 aromatic rings. The first-order valence-electron chi connectivity index (χ1n) is 8.17. The molecule has 0 aromatic heterocycles.